The number of benzene rings is 1. The van der Waals surface area contributed by atoms with E-state index in [1.54, 1.807) is 6.07 Å². The molecule has 0 saturated carbocycles. The van der Waals surface area contributed by atoms with E-state index in [1.807, 2.05) is 24.3 Å². The lowest BCUT2D eigenvalue weighted by Gasteiger charge is -2.03. The quantitative estimate of drug-likeness (QED) is 0.627. The molecule has 0 aliphatic heterocycles. The first-order valence-corrected chi connectivity index (χ1v) is 7.97. The fourth-order valence-corrected chi connectivity index (χ4v) is 2.35. The van der Waals surface area contributed by atoms with Gasteiger partial charge in [0, 0.05) is 4.47 Å². The predicted molar refractivity (Wildman–Crippen MR) is 88.3 cm³/mol. The van der Waals surface area contributed by atoms with Gasteiger partial charge in [0.25, 0.3) is 11.8 Å². The Hall–Kier alpha value is -2.94. The first-order chi connectivity index (χ1) is 12.1. The van der Waals surface area contributed by atoms with Crippen molar-refractivity contribution in [1.82, 2.24) is 15.5 Å². The number of nitrogens with one attached hydrogen (secondary N) is 1. The lowest BCUT2D eigenvalue weighted by Crippen LogP contribution is -2.30. The van der Waals surface area contributed by atoms with Crippen molar-refractivity contribution in [3.05, 3.63) is 58.8 Å². The van der Waals surface area contributed by atoms with Crippen molar-refractivity contribution < 1.29 is 23.2 Å². The molecule has 0 radical (unpaired) electrons. The Morgan fingerprint density at radius 2 is 2.00 bits per heavy atom. The molecule has 2 heterocycles. The van der Waals surface area contributed by atoms with Crippen molar-refractivity contribution in [2.24, 2.45) is 0 Å². The maximum absolute atomic E-state index is 11.7. The third-order valence-corrected chi connectivity index (χ3v) is 3.76. The average Bonchev–Trinajstić information content (AvgIpc) is 3.30. The number of carbonyl (C=O) groups is 2. The van der Waals surface area contributed by atoms with Crippen LogP contribution in [0.5, 0.6) is 0 Å². The summed E-state index contributed by atoms with van der Waals surface area (Å²) in [5.74, 6) is -0.569. The summed E-state index contributed by atoms with van der Waals surface area (Å²) in [5.41, 5.74) is 0.735. The molecule has 1 N–H and O–H groups in total. The molecule has 0 fully saturated rings. The molecule has 0 atom stereocenters. The molecular formula is C16H12BrN3O5. The molecule has 0 saturated heterocycles. The second-order valence-corrected chi connectivity index (χ2v) is 5.66. The van der Waals surface area contributed by atoms with Crippen LogP contribution in [0.1, 0.15) is 16.4 Å². The lowest BCUT2D eigenvalue weighted by atomic mass is 10.2. The zero-order valence-electron chi connectivity index (χ0n) is 12.8. The summed E-state index contributed by atoms with van der Waals surface area (Å²) in [5, 5.41) is 10.1. The van der Waals surface area contributed by atoms with Crippen molar-refractivity contribution in [3.63, 3.8) is 0 Å². The second-order valence-electron chi connectivity index (χ2n) is 4.80. The fraction of sp³-hybridized carbons (Fsp3) is 0.125. The second kappa shape index (κ2) is 7.75. The van der Waals surface area contributed by atoms with Gasteiger partial charge in [0.05, 0.1) is 11.8 Å². The molecule has 0 spiro atoms. The molecule has 3 rings (SSSR count). The van der Waals surface area contributed by atoms with Crippen LogP contribution in [0, 0.1) is 0 Å². The molecule has 0 bridgehead atoms. The average molecular weight is 406 g/mol. The molecule has 2 aromatic heterocycles. The van der Waals surface area contributed by atoms with Gasteiger partial charge in [-0.15, -0.1) is 10.2 Å². The Morgan fingerprint density at radius 1 is 1.16 bits per heavy atom. The van der Waals surface area contributed by atoms with Crippen LogP contribution in [-0.4, -0.2) is 28.6 Å². The van der Waals surface area contributed by atoms with Gasteiger partial charge < -0.3 is 18.9 Å². The van der Waals surface area contributed by atoms with E-state index in [2.05, 4.69) is 31.4 Å². The number of amides is 1. The smallest absolute Gasteiger partial charge is 0.325 e. The van der Waals surface area contributed by atoms with E-state index in [9.17, 15) is 9.59 Å². The molecule has 8 nitrogen and oxygen atoms in total. The number of hydrogen-bond acceptors (Lipinski definition) is 7. The number of rotatable bonds is 6. The van der Waals surface area contributed by atoms with Crippen LogP contribution in [0.2, 0.25) is 0 Å². The molecule has 25 heavy (non-hydrogen) atoms. The molecule has 3 aromatic rings. The van der Waals surface area contributed by atoms with E-state index in [-0.39, 0.29) is 24.8 Å². The Morgan fingerprint density at radius 3 is 2.76 bits per heavy atom. The summed E-state index contributed by atoms with van der Waals surface area (Å²) < 4.78 is 16.2. The Labute approximate surface area is 150 Å². The van der Waals surface area contributed by atoms with Gasteiger partial charge in [-0.1, -0.05) is 12.1 Å². The van der Waals surface area contributed by atoms with Crippen molar-refractivity contribution in [2.75, 3.05) is 6.54 Å². The summed E-state index contributed by atoms with van der Waals surface area (Å²) in [6, 6.07) is 10.4. The number of ether oxygens (including phenoxy) is 1. The highest BCUT2D eigenvalue weighted by Crippen LogP contribution is 2.26. The van der Waals surface area contributed by atoms with E-state index in [0.29, 0.717) is 5.89 Å². The fourth-order valence-electron chi connectivity index (χ4n) is 1.90. The van der Waals surface area contributed by atoms with Crippen molar-refractivity contribution in [3.8, 4) is 11.5 Å². The molecule has 0 unspecified atom stereocenters. The van der Waals surface area contributed by atoms with Crippen LogP contribution in [0.15, 0.2) is 56.0 Å². The van der Waals surface area contributed by atoms with E-state index in [1.165, 1.54) is 12.3 Å². The molecule has 128 valence electrons. The highest BCUT2D eigenvalue weighted by atomic mass is 79.9. The van der Waals surface area contributed by atoms with Gasteiger partial charge in [-0.2, -0.15) is 0 Å². The minimum Gasteiger partial charge on any atom is -0.459 e. The number of nitrogens with zero attached hydrogens (tertiary/aromatic N) is 2. The normalized spacial score (nSPS) is 10.4. The van der Waals surface area contributed by atoms with Crippen LogP contribution in [0.3, 0.4) is 0 Å². The Bertz CT molecular complexity index is 876. The molecule has 0 aliphatic rings. The molecular weight excluding hydrogens is 394 g/mol. The van der Waals surface area contributed by atoms with Gasteiger partial charge in [-0.25, -0.2) is 0 Å². The standard InChI is InChI=1S/C16H12BrN3O5/c17-11-5-2-1-4-10(11)16-20-19-13(25-16)9-24-14(21)8-18-15(22)12-6-3-7-23-12/h1-7H,8-9H2,(H,18,22). The van der Waals surface area contributed by atoms with Gasteiger partial charge in [-0.3, -0.25) is 9.59 Å². The minimum absolute atomic E-state index is 0.114. The summed E-state index contributed by atoms with van der Waals surface area (Å²) in [6.45, 7) is -0.488. The molecule has 9 heteroatoms. The van der Waals surface area contributed by atoms with Crippen LogP contribution in [-0.2, 0) is 16.1 Å². The van der Waals surface area contributed by atoms with Crippen molar-refractivity contribution >= 4 is 27.8 Å². The van der Waals surface area contributed by atoms with Crippen LogP contribution in [0.4, 0.5) is 0 Å². The van der Waals surface area contributed by atoms with Gasteiger partial charge in [0.1, 0.15) is 6.54 Å². The molecule has 1 aromatic carbocycles. The number of carbonyl (C=O) groups excluding carboxylic acids is 2. The highest BCUT2D eigenvalue weighted by Gasteiger charge is 2.14. The number of aromatic nitrogens is 2. The van der Waals surface area contributed by atoms with E-state index < -0.39 is 11.9 Å². The largest absolute Gasteiger partial charge is 0.459 e. The minimum atomic E-state index is -0.638. The van der Waals surface area contributed by atoms with Crippen LogP contribution in [0.25, 0.3) is 11.5 Å². The molecule has 0 aliphatic carbocycles. The number of hydrogen-bond donors (Lipinski definition) is 1. The first kappa shape index (κ1) is 16.9. The van der Waals surface area contributed by atoms with E-state index in [0.717, 1.165) is 10.0 Å². The van der Waals surface area contributed by atoms with Crippen LogP contribution >= 0.6 is 15.9 Å². The maximum atomic E-state index is 11.7. The summed E-state index contributed by atoms with van der Waals surface area (Å²) >= 11 is 3.39. The van der Waals surface area contributed by atoms with Crippen molar-refractivity contribution in [1.29, 1.82) is 0 Å². The SMILES string of the molecule is O=C(CNC(=O)c1ccco1)OCc1nnc(-c2ccccc2Br)o1. The topological polar surface area (TPSA) is 107 Å². The summed E-state index contributed by atoms with van der Waals surface area (Å²) in [4.78, 5) is 23.3. The lowest BCUT2D eigenvalue weighted by molar-refractivity contribution is -0.144. The third-order valence-electron chi connectivity index (χ3n) is 3.07. The first-order valence-electron chi connectivity index (χ1n) is 7.18. The van der Waals surface area contributed by atoms with Crippen LogP contribution < -0.4 is 5.32 Å². The zero-order valence-corrected chi connectivity index (χ0v) is 14.4. The Balaban J connectivity index is 1.50. The monoisotopic (exact) mass is 405 g/mol. The maximum Gasteiger partial charge on any atom is 0.325 e. The zero-order chi connectivity index (χ0) is 17.6. The number of halogens is 1. The third kappa shape index (κ3) is 4.32. The predicted octanol–water partition coefficient (Wildman–Crippen LogP) is 2.57. The Kier molecular flexibility index (Phi) is 5.24. The van der Waals surface area contributed by atoms with Gasteiger partial charge >= 0.3 is 5.97 Å². The van der Waals surface area contributed by atoms with Gasteiger partial charge in [0.15, 0.2) is 12.4 Å². The summed E-state index contributed by atoms with van der Waals surface area (Å²) in [6.07, 6.45) is 1.37. The van der Waals surface area contributed by atoms with E-state index in [4.69, 9.17) is 13.6 Å². The molecule has 1 amide bonds. The summed E-state index contributed by atoms with van der Waals surface area (Å²) in [7, 11) is 0. The number of esters is 1. The van der Waals surface area contributed by atoms with E-state index >= 15 is 0 Å². The van der Waals surface area contributed by atoms with Gasteiger partial charge in [-0.05, 0) is 40.2 Å². The highest BCUT2D eigenvalue weighted by molar-refractivity contribution is 9.10. The van der Waals surface area contributed by atoms with Crippen molar-refractivity contribution in [2.45, 2.75) is 6.61 Å². The van der Waals surface area contributed by atoms with Gasteiger partial charge in [0.2, 0.25) is 5.89 Å². The number of furan rings is 1.